The lowest BCUT2D eigenvalue weighted by Gasteiger charge is -2.37. The van der Waals surface area contributed by atoms with Crippen LogP contribution < -0.4 is 14.7 Å². The Bertz CT molecular complexity index is 725. The number of nitrogens with zero attached hydrogens (tertiary/aromatic N) is 7. The van der Waals surface area contributed by atoms with Crippen LogP contribution in [0, 0.1) is 0 Å². The van der Waals surface area contributed by atoms with Gasteiger partial charge >= 0.3 is 0 Å². The average molecular weight is 353 g/mol. The highest BCUT2D eigenvalue weighted by atomic mass is 16.1. The molecule has 0 radical (unpaired) electrons. The van der Waals surface area contributed by atoms with Crippen molar-refractivity contribution in [2.45, 2.75) is 0 Å². The topological polar surface area (TPSA) is 68.7 Å². The van der Waals surface area contributed by atoms with E-state index in [1.165, 1.54) is 5.69 Å². The van der Waals surface area contributed by atoms with Crippen molar-refractivity contribution >= 4 is 23.9 Å². The predicted molar refractivity (Wildman–Crippen MR) is 101 cm³/mol. The van der Waals surface area contributed by atoms with Gasteiger partial charge in [-0.25, -0.2) is 0 Å². The van der Waals surface area contributed by atoms with Crippen LogP contribution >= 0.6 is 0 Å². The minimum absolute atomic E-state index is 0.651. The number of anilines is 3. The molecule has 0 bridgehead atoms. The van der Waals surface area contributed by atoms with Gasteiger partial charge in [-0.3, -0.25) is 4.79 Å². The Hall–Kier alpha value is -2.90. The van der Waals surface area contributed by atoms with E-state index in [1.807, 2.05) is 6.07 Å². The number of benzene rings is 1. The number of carbonyl (C=O) groups is 1. The molecular formula is C18H23N7O. The van der Waals surface area contributed by atoms with Gasteiger partial charge in [0.15, 0.2) is 5.82 Å². The summed E-state index contributed by atoms with van der Waals surface area (Å²) < 4.78 is 0. The second kappa shape index (κ2) is 7.55. The van der Waals surface area contributed by atoms with E-state index in [0.29, 0.717) is 19.0 Å². The van der Waals surface area contributed by atoms with Gasteiger partial charge in [-0.2, -0.15) is 10.1 Å². The van der Waals surface area contributed by atoms with Gasteiger partial charge in [0.05, 0.1) is 6.20 Å². The molecule has 2 aliphatic heterocycles. The number of rotatable bonds is 4. The maximum Gasteiger partial charge on any atom is 0.247 e. The van der Waals surface area contributed by atoms with Crippen LogP contribution in [0.3, 0.4) is 0 Å². The van der Waals surface area contributed by atoms with E-state index in [4.69, 9.17) is 4.98 Å². The second-order valence-electron chi connectivity index (χ2n) is 6.55. The molecule has 0 spiro atoms. The molecule has 2 aromatic rings. The quantitative estimate of drug-likeness (QED) is 0.741. The maximum atomic E-state index is 10.8. The van der Waals surface area contributed by atoms with Crippen LogP contribution in [0.25, 0.3) is 0 Å². The first-order chi connectivity index (χ1) is 12.8. The number of para-hydroxylation sites is 1. The zero-order chi connectivity index (χ0) is 17.8. The number of amides is 1. The van der Waals surface area contributed by atoms with E-state index in [1.54, 1.807) is 11.1 Å². The summed E-state index contributed by atoms with van der Waals surface area (Å²) in [7, 11) is 0. The molecule has 136 valence electrons. The molecule has 2 saturated heterocycles. The SMILES string of the molecule is O=CN1CCN(c2nncc(N3CCN(c4ccccc4)CC3)n2)CC1. The molecule has 0 aliphatic carbocycles. The smallest absolute Gasteiger partial charge is 0.247 e. The van der Waals surface area contributed by atoms with Crippen LogP contribution in [0.5, 0.6) is 0 Å². The van der Waals surface area contributed by atoms with E-state index in [-0.39, 0.29) is 0 Å². The Balaban J connectivity index is 1.39. The van der Waals surface area contributed by atoms with Crippen molar-refractivity contribution < 1.29 is 4.79 Å². The van der Waals surface area contributed by atoms with Crippen LogP contribution in [-0.4, -0.2) is 78.8 Å². The van der Waals surface area contributed by atoms with Crippen LogP contribution in [-0.2, 0) is 4.79 Å². The summed E-state index contributed by atoms with van der Waals surface area (Å²) in [6, 6.07) is 10.5. The summed E-state index contributed by atoms with van der Waals surface area (Å²) in [6.45, 7) is 6.62. The number of carbonyl (C=O) groups excluding carboxylic acids is 1. The van der Waals surface area contributed by atoms with Gasteiger partial charge in [0, 0.05) is 58.0 Å². The zero-order valence-electron chi connectivity index (χ0n) is 14.7. The molecule has 4 rings (SSSR count). The fourth-order valence-corrected chi connectivity index (χ4v) is 3.43. The largest absolute Gasteiger partial charge is 0.368 e. The van der Waals surface area contributed by atoms with Crippen molar-refractivity contribution in [3.05, 3.63) is 36.5 Å². The first kappa shape index (κ1) is 16.6. The Morgan fingerprint density at radius 3 is 2.15 bits per heavy atom. The monoisotopic (exact) mass is 353 g/mol. The Kier molecular flexibility index (Phi) is 4.81. The Labute approximate surface area is 153 Å². The molecule has 8 nitrogen and oxygen atoms in total. The average Bonchev–Trinajstić information content (AvgIpc) is 2.75. The summed E-state index contributed by atoms with van der Waals surface area (Å²) in [6.07, 6.45) is 2.64. The van der Waals surface area contributed by atoms with Crippen LogP contribution in [0.15, 0.2) is 36.5 Å². The number of hydrogen-bond donors (Lipinski definition) is 0. The lowest BCUT2D eigenvalue weighted by molar-refractivity contribution is -0.118. The highest BCUT2D eigenvalue weighted by Gasteiger charge is 2.22. The molecule has 1 aromatic heterocycles. The van der Waals surface area contributed by atoms with Crippen molar-refractivity contribution in [3.8, 4) is 0 Å². The molecule has 8 heteroatoms. The molecule has 0 N–H and O–H groups in total. The first-order valence-electron chi connectivity index (χ1n) is 9.02. The summed E-state index contributed by atoms with van der Waals surface area (Å²) in [4.78, 5) is 24.1. The van der Waals surface area contributed by atoms with Crippen molar-refractivity contribution in [1.29, 1.82) is 0 Å². The van der Waals surface area contributed by atoms with Gasteiger partial charge in [-0.1, -0.05) is 18.2 Å². The van der Waals surface area contributed by atoms with E-state index in [2.05, 4.69) is 49.2 Å². The first-order valence-corrected chi connectivity index (χ1v) is 9.02. The van der Waals surface area contributed by atoms with Gasteiger partial charge in [0.1, 0.15) is 0 Å². The van der Waals surface area contributed by atoms with Gasteiger partial charge < -0.3 is 19.6 Å². The van der Waals surface area contributed by atoms with Crippen molar-refractivity contribution in [1.82, 2.24) is 20.1 Å². The minimum atomic E-state index is 0.651. The van der Waals surface area contributed by atoms with E-state index in [9.17, 15) is 4.79 Å². The van der Waals surface area contributed by atoms with E-state index in [0.717, 1.165) is 51.5 Å². The molecule has 1 aromatic carbocycles. The minimum Gasteiger partial charge on any atom is -0.368 e. The number of hydrogen-bond acceptors (Lipinski definition) is 7. The predicted octanol–water partition coefficient (Wildman–Crippen LogP) is 0.477. The second-order valence-corrected chi connectivity index (χ2v) is 6.55. The molecule has 0 unspecified atom stereocenters. The Morgan fingerprint density at radius 1 is 0.808 bits per heavy atom. The fourth-order valence-electron chi connectivity index (χ4n) is 3.43. The van der Waals surface area contributed by atoms with E-state index < -0.39 is 0 Å². The van der Waals surface area contributed by atoms with Gasteiger partial charge in [-0.05, 0) is 12.1 Å². The third-order valence-electron chi connectivity index (χ3n) is 5.01. The maximum absolute atomic E-state index is 10.8. The standard InChI is InChI=1S/C18H23N7O/c26-15-22-6-8-25(9-7-22)18-20-17(14-19-21-18)24-12-10-23(11-13-24)16-4-2-1-3-5-16/h1-5,14-15H,6-13H2. The molecule has 1 amide bonds. The molecule has 2 aliphatic rings. The van der Waals surface area contributed by atoms with Crippen molar-refractivity contribution in [3.63, 3.8) is 0 Å². The van der Waals surface area contributed by atoms with Crippen LogP contribution in [0.2, 0.25) is 0 Å². The summed E-state index contributed by atoms with van der Waals surface area (Å²) in [5.41, 5.74) is 1.27. The lowest BCUT2D eigenvalue weighted by atomic mass is 10.2. The highest BCUT2D eigenvalue weighted by molar-refractivity contribution is 5.50. The van der Waals surface area contributed by atoms with E-state index >= 15 is 0 Å². The van der Waals surface area contributed by atoms with Crippen LogP contribution in [0.4, 0.5) is 17.5 Å². The molecule has 0 saturated carbocycles. The number of piperazine rings is 2. The third kappa shape index (κ3) is 3.54. The summed E-state index contributed by atoms with van der Waals surface area (Å²) in [5, 5.41) is 8.35. The molecular weight excluding hydrogens is 330 g/mol. The molecule has 2 fully saturated rings. The highest BCUT2D eigenvalue weighted by Crippen LogP contribution is 2.20. The fraction of sp³-hybridized carbons (Fsp3) is 0.444. The number of aromatic nitrogens is 3. The molecule has 26 heavy (non-hydrogen) atoms. The van der Waals surface area contributed by atoms with Crippen molar-refractivity contribution in [2.24, 2.45) is 0 Å². The summed E-state index contributed by atoms with van der Waals surface area (Å²) in [5.74, 6) is 1.53. The van der Waals surface area contributed by atoms with Crippen molar-refractivity contribution in [2.75, 3.05) is 67.1 Å². The van der Waals surface area contributed by atoms with Gasteiger partial charge in [0.25, 0.3) is 0 Å². The molecule has 3 heterocycles. The summed E-state index contributed by atoms with van der Waals surface area (Å²) >= 11 is 0. The van der Waals surface area contributed by atoms with Gasteiger partial charge in [0.2, 0.25) is 12.4 Å². The Morgan fingerprint density at radius 2 is 1.46 bits per heavy atom. The zero-order valence-corrected chi connectivity index (χ0v) is 14.7. The molecule has 0 atom stereocenters. The third-order valence-corrected chi connectivity index (χ3v) is 5.01. The van der Waals surface area contributed by atoms with Crippen LogP contribution in [0.1, 0.15) is 0 Å². The normalized spacial score (nSPS) is 18.2. The lowest BCUT2D eigenvalue weighted by Crippen LogP contribution is -2.48. The van der Waals surface area contributed by atoms with Gasteiger partial charge in [-0.15, -0.1) is 5.10 Å².